The van der Waals surface area contributed by atoms with E-state index in [0.717, 1.165) is 10.4 Å². The minimum Gasteiger partial charge on any atom is -0.492 e. The molecule has 1 saturated heterocycles. The molecule has 6 nitrogen and oxygen atoms in total. The van der Waals surface area contributed by atoms with Gasteiger partial charge in [-0.15, -0.1) is 11.3 Å². The first-order valence-corrected chi connectivity index (χ1v) is 8.87. The van der Waals surface area contributed by atoms with E-state index in [1.165, 1.54) is 16.2 Å². The summed E-state index contributed by atoms with van der Waals surface area (Å²) < 4.78 is 10.8. The maximum Gasteiger partial charge on any atom is 0.334 e. The van der Waals surface area contributed by atoms with Gasteiger partial charge in [0.1, 0.15) is 10.6 Å². The highest BCUT2D eigenvalue weighted by atomic mass is 32.1. The third-order valence-electron chi connectivity index (χ3n) is 3.88. The minimum absolute atomic E-state index is 0.0400. The average molecular weight is 361 g/mol. The number of thiophene rings is 1. The number of hydrogen-bond acceptors (Lipinski definition) is 5. The fourth-order valence-electron chi connectivity index (χ4n) is 2.66. The van der Waals surface area contributed by atoms with Gasteiger partial charge in [0.05, 0.1) is 19.8 Å². The Bertz CT molecular complexity index is 758. The van der Waals surface area contributed by atoms with Gasteiger partial charge in [-0.2, -0.15) is 0 Å². The highest BCUT2D eigenvalue weighted by Crippen LogP contribution is 2.37. The van der Waals surface area contributed by atoms with Crippen molar-refractivity contribution in [1.82, 2.24) is 4.90 Å². The number of carboxylic acids is 1. The van der Waals surface area contributed by atoms with Crippen LogP contribution in [-0.2, 0) is 9.53 Å². The van der Waals surface area contributed by atoms with Crippen molar-refractivity contribution >= 4 is 23.2 Å². The molecule has 0 saturated carbocycles. The number of carboxylic acid groups (broad SMARTS) is 1. The topological polar surface area (TPSA) is 76.1 Å². The van der Waals surface area contributed by atoms with Gasteiger partial charge in [0.25, 0.3) is 5.91 Å². The van der Waals surface area contributed by atoms with Crippen LogP contribution in [0.4, 0.5) is 0 Å². The van der Waals surface area contributed by atoms with Gasteiger partial charge < -0.3 is 19.5 Å². The summed E-state index contributed by atoms with van der Waals surface area (Å²) in [5.41, 5.74) is 1.01. The maximum atomic E-state index is 12.9. The van der Waals surface area contributed by atoms with E-state index < -0.39 is 12.1 Å². The molecular formula is C18H19NO5S. The number of carbonyl (C=O) groups excluding carboxylic acids is 1. The Kier molecular flexibility index (Phi) is 5.35. The van der Waals surface area contributed by atoms with Crippen LogP contribution in [0.1, 0.15) is 16.6 Å². The van der Waals surface area contributed by atoms with Gasteiger partial charge in [-0.25, -0.2) is 4.79 Å². The van der Waals surface area contributed by atoms with E-state index in [4.69, 9.17) is 14.6 Å². The first kappa shape index (κ1) is 17.4. The molecule has 1 aromatic carbocycles. The molecule has 1 aliphatic rings. The summed E-state index contributed by atoms with van der Waals surface area (Å²) in [4.78, 5) is 27.0. The average Bonchev–Trinajstić information content (AvgIpc) is 3.06. The van der Waals surface area contributed by atoms with Crippen LogP contribution in [0.25, 0.3) is 10.4 Å². The van der Waals surface area contributed by atoms with Crippen molar-refractivity contribution < 1.29 is 24.2 Å². The monoisotopic (exact) mass is 361 g/mol. The molecule has 0 spiro atoms. The summed E-state index contributed by atoms with van der Waals surface area (Å²) in [7, 11) is 0. The van der Waals surface area contributed by atoms with Crippen LogP contribution in [0.2, 0.25) is 0 Å². The predicted molar refractivity (Wildman–Crippen MR) is 94.2 cm³/mol. The number of carbonyl (C=O) groups is 2. The van der Waals surface area contributed by atoms with Gasteiger partial charge in [0.15, 0.2) is 6.10 Å². The van der Waals surface area contributed by atoms with Crippen LogP contribution in [-0.4, -0.2) is 54.3 Å². The quantitative estimate of drug-likeness (QED) is 0.886. The van der Waals surface area contributed by atoms with Crippen molar-refractivity contribution in [3.8, 4) is 16.2 Å². The van der Waals surface area contributed by atoms with Crippen LogP contribution >= 0.6 is 11.3 Å². The molecule has 2 aromatic rings. The summed E-state index contributed by atoms with van der Waals surface area (Å²) >= 11 is 1.36. The van der Waals surface area contributed by atoms with Crippen LogP contribution in [0, 0.1) is 0 Å². The first-order valence-electron chi connectivity index (χ1n) is 8.06. The lowest BCUT2D eigenvalue weighted by molar-refractivity contribution is -0.154. The van der Waals surface area contributed by atoms with Gasteiger partial charge in [-0.3, -0.25) is 4.79 Å². The molecule has 132 valence electrons. The second-order valence-corrected chi connectivity index (χ2v) is 6.60. The van der Waals surface area contributed by atoms with Gasteiger partial charge >= 0.3 is 5.97 Å². The second kappa shape index (κ2) is 7.67. The zero-order valence-corrected chi connectivity index (χ0v) is 14.6. The zero-order valence-electron chi connectivity index (χ0n) is 13.8. The number of morpholine rings is 1. The van der Waals surface area contributed by atoms with Gasteiger partial charge in [-0.05, 0) is 18.6 Å². The third-order valence-corrected chi connectivity index (χ3v) is 5.03. The molecule has 2 heterocycles. The van der Waals surface area contributed by atoms with Crippen LogP contribution in [0.5, 0.6) is 5.75 Å². The Balaban J connectivity index is 1.88. The van der Waals surface area contributed by atoms with Crippen molar-refractivity contribution in [3.63, 3.8) is 0 Å². The lowest BCUT2D eigenvalue weighted by Gasteiger charge is -2.30. The molecule has 1 aliphatic heterocycles. The number of amides is 1. The predicted octanol–water partition coefficient (Wildman–Crippen LogP) is 2.74. The van der Waals surface area contributed by atoms with Crippen molar-refractivity contribution in [3.05, 3.63) is 41.3 Å². The number of hydrogen-bond donors (Lipinski definition) is 1. The van der Waals surface area contributed by atoms with E-state index in [-0.39, 0.29) is 19.1 Å². The molecule has 25 heavy (non-hydrogen) atoms. The zero-order chi connectivity index (χ0) is 17.8. The molecule has 1 N–H and O–H groups in total. The SMILES string of the molecule is CCOc1cc(-c2ccccc2)sc1C(=O)N1CCO[C@H](C(=O)O)C1. The van der Waals surface area contributed by atoms with Crippen molar-refractivity contribution in [2.24, 2.45) is 0 Å². The van der Waals surface area contributed by atoms with Gasteiger partial charge in [-0.1, -0.05) is 30.3 Å². The third kappa shape index (κ3) is 3.83. The number of aliphatic carboxylic acids is 1. The molecule has 0 bridgehead atoms. The van der Waals surface area contributed by atoms with E-state index in [1.54, 1.807) is 0 Å². The fraction of sp³-hybridized carbons (Fsp3) is 0.333. The molecule has 0 radical (unpaired) electrons. The van der Waals surface area contributed by atoms with E-state index >= 15 is 0 Å². The molecule has 1 fully saturated rings. The summed E-state index contributed by atoms with van der Waals surface area (Å²) in [5, 5.41) is 9.11. The number of benzene rings is 1. The normalized spacial score (nSPS) is 17.3. The van der Waals surface area contributed by atoms with Crippen molar-refractivity contribution in [2.75, 3.05) is 26.3 Å². The molecule has 1 aromatic heterocycles. The van der Waals surface area contributed by atoms with E-state index in [0.29, 0.717) is 23.8 Å². The summed E-state index contributed by atoms with van der Waals surface area (Å²) in [6.07, 6.45) is -0.984. The lowest BCUT2D eigenvalue weighted by atomic mass is 10.2. The molecular weight excluding hydrogens is 342 g/mol. The molecule has 0 aliphatic carbocycles. The molecule has 1 atom stereocenters. The highest BCUT2D eigenvalue weighted by molar-refractivity contribution is 7.17. The Morgan fingerprint density at radius 3 is 2.80 bits per heavy atom. The smallest absolute Gasteiger partial charge is 0.334 e. The molecule has 0 unspecified atom stereocenters. The highest BCUT2D eigenvalue weighted by Gasteiger charge is 2.31. The maximum absolute atomic E-state index is 12.9. The standard InChI is InChI=1S/C18H19NO5S/c1-2-23-13-10-15(12-6-4-3-5-7-12)25-16(13)17(20)19-8-9-24-14(11-19)18(21)22/h3-7,10,14H,2,8-9,11H2,1H3,(H,21,22)/t14-/m0/s1. The summed E-state index contributed by atoms with van der Waals surface area (Å²) in [6, 6.07) is 11.6. The largest absolute Gasteiger partial charge is 0.492 e. The summed E-state index contributed by atoms with van der Waals surface area (Å²) in [6.45, 7) is 2.93. The second-order valence-electron chi connectivity index (χ2n) is 5.55. The van der Waals surface area contributed by atoms with Crippen LogP contribution < -0.4 is 4.74 Å². The van der Waals surface area contributed by atoms with Crippen LogP contribution in [0.3, 0.4) is 0 Å². The molecule has 3 rings (SSSR count). The van der Waals surface area contributed by atoms with E-state index in [2.05, 4.69) is 0 Å². The minimum atomic E-state index is -1.06. The first-order chi connectivity index (χ1) is 12.1. The fourth-order valence-corrected chi connectivity index (χ4v) is 3.73. The molecule has 1 amide bonds. The van der Waals surface area contributed by atoms with Crippen LogP contribution in [0.15, 0.2) is 36.4 Å². The Hall–Kier alpha value is -2.38. The Morgan fingerprint density at radius 1 is 1.36 bits per heavy atom. The van der Waals surface area contributed by atoms with Crippen molar-refractivity contribution in [1.29, 1.82) is 0 Å². The van der Waals surface area contributed by atoms with Gasteiger partial charge in [0.2, 0.25) is 0 Å². The van der Waals surface area contributed by atoms with E-state index in [9.17, 15) is 9.59 Å². The number of nitrogens with zero attached hydrogens (tertiary/aromatic N) is 1. The Labute approximate surface area is 149 Å². The molecule has 7 heteroatoms. The van der Waals surface area contributed by atoms with E-state index in [1.807, 2.05) is 43.3 Å². The van der Waals surface area contributed by atoms with Crippen molar-refractivity contribution in [2.45, 2.75) is 13.0 Å². The Morgan fingerprint density at radius 2 is 2.12 bits per heavy atom. The lowest BCUT2D eigenvalue weighted by Crippen LogP contribution is -2.48. The number of rotatable bonds is 5. The number of ether oxygens (including phenoxy) is 2. The summed E-state index contributed by atoms with van der Waals surface area (Å²) in [5.74, 6) is -0.737. The van der Waals surface area contributed by atoms with Gasteiger partial charge in [0, 0.05) is 11.4 Å².